The minimum Gasteiger partial charge on any atom is -0.347 e. The predicted molar refractivity (Wildman–Crippen MR) is 118 cm³/mol. The van der Waals surface area contributed by atoms with Crippen molar-refractivity contribution >= 4 is 17.5 Å². The van der Waals surface area contributed by atoms with Crippen LogP contribution in [0.1, 0.15) is 59.7 Å². The van der Waals surface area contributed by atoms with Gasteiger partial charge >= 0.3 is 0 Å². The number of aryl methyl sites for hydroxylation is 2. The van der Waals surface area contributed by atoms with Crippen LogP contribution in [0.15, 0.2) is 36.9 Å². The van der Waals surface area contributed by atoms with Crippen molar-refractivity contribution in [2.24, 2.45) is 0 Å². The van der Waals surface area contributed by atoms with E-state index in [0.29, 0.717) is 29.1 Å². The van der Waals surface area contributed by atoms with E-state index in [-0.39, 0.29) is 17.4 Å². The molecule has 1 aliphatic rings. The number of aromatic nitrogens is 4. The van der Waals surface area contributed by atoms with Gasteiger partial charge in [0.1, 0.15) is 0 Å². The lowest BCUT2D eigenvalue weighted by Crippen LogP contribution is -2.40. The monoisotopic (exact) mass is 418 g/mol. The lowest BCUT2D eigenvalue weighted by Gasteiger charge is -2.20. The molecule has 0 saturated heterocycles. The molecule has 0 fully saturated rings. The van der Waals surface area contributed by atoms with Gasteiger partial charge in [-0.05, 0) is 52.3 Å². The Labute approximate surface area is 181 Å². The molecule has 3 aromatic heterocycles. The van der Waals surface area contributed by atoms with Crippen LogP contribution in [-0.2, 0) is 13.1 Å². The Hall–Kier alpha value is -3.55. The maximum absolute atomic E-state index is 13.0. The summed E-state index contributed by atoms with van der Waals surface area (Å²) in [6, 6.07) is 3.65. The summed E-state index contributed by atoms with van der Waals surface area (Å²) in [6.07, 6.45) is 6.79. The van der Waals surface area contributed by atoms with Crippen LogP contribution in [0.3, 0.4) is 0 Å². The van der Waals surface area contributed by atoms with Gasteiger partial charge in [0.2, 0.25) is 0 Å². The van der Waals surface area contributed by atoms with Crippen molar-refractivity contribution in [3.63, 3.8) is 0 Å². The average Bonchev–Trinajstić information content (AvgIpc) is 3.31. The number of carbonyl (C=O) groups is 2. The van der Waals surface area contributed by atoms with Gasteiger partial charge in [-0.15, -0.1) is 0 Å². The van der Waals surface area contributed by atoms with Crippen LogP contribution < -0.4 is 10.2 Å². The Bertz CT molecular complexity index is 1180. The van der Waals surface area contributed by atoms with Crippen LogP contribution in [0.2, 0.25) is 0 Å². The SMILES string of the molecule is CCn1cc(N2Cc3nc(-c4cncc(C(=O)NC(C)(C)C)c4)cc(C)c3C2=O)cn1. The van der Waals surface area contributed by atoms with Crippen LogP contribution in [0, 0.1) is 6.92 Å². The maximum Gasteiger partial charge on any atom is 0.260 e. The highest BCUT2D eigenvalue weighted by molar-refractivity contribution is 6.10. The van der Waals surface area contributed by atoms with Gasteiger partial charge in [-0.25, -0.2) is 0 Å². The van der Waals surface area contributed by atoms with Gasteiger partial charge in [0.05, 0.1) is 40.9 Å². The molecule has 0 bridgehead atoms. The van der Waals surface area contributed by atoms with Crippen molar-refractivity contribution < 1.29 is 9.59 Å². The molecule has 0 spiro atoms. The molecule has 0 radical (unpaired) electrons. The van der Waals surface area contributed by atoms with Crippen LogP contribution in [-0.4, -0.2) is 37.1 Å². The Morgan fingerprint density at radius 2 is 1.97 bits per heavy atom. The molecule has 31 heavy (non-hydrogen) atoms. The number of rotatable bonds is 4. The summed E-state index contributed by atoms with van der Waals surface area (Å²) in [5.41, 5.74) is 4.50. The van der Waals surface area contributed by atoms with Crippen molar-refractivity contribution in [3.8, 4) is 11.3 Å². The number of nitrogens with zero attached hydrogens (tertiary/aromatic N) is 5. The molecule has 1 aliphatic heterocycles. The van der Waals surface area contributed by atoms with Gasteiger partial charge < -0.3 is 5.32 Å². The first-order valence-electron chi connectivity index (χ1n) is 10.3. The van der Waals surface area contributed by atoms with Crippen LogP contribution >= 0.6 is 0 Å². The molecule has 0 atom stereocenters. The Balaban J connectivity index is 1.66. The van der Waals surface area contributed by atoms with Crippen molar-refractivity contribution in [1.29, 1.82) is 0 Å². The van der Waals surface area contributed by atoms with Gasteiger partial charge in [0.25, 0.3) is 11.8 Å². The molecular weight excluding hydrogens is 392 g/mol. The van der Waals surface area contributed by atoms with E-state index >= 15 is 0 Å². The number of hydrogen-bond acceptors (Lipinski definition) is 5. The lowest BCUT2D eigenvalue weighted by molar-refractivity contribution is 0.0918. The van der Waals surface area contributed by atoms with E-state index in [9.17, 15) is 9.59 Å². The minimum absolute atomic E-state index is 0.0707. The zero-order valence-electron chi connectivity index (χ0n) is 18.4. The molecule has 0 aliphatic carbocycles. The highest BCUT2D eigenvalue weighted by Crippen LogP contribution is 2.31. The van der Waals surface area contributed by atoms with E-state index in [2.05, 4.69) is 15.4 Å². The zero-order chi connectivity index (χ0) is 22.3. The quantitative estimate of drug-likeness (QED) is 0.701. The number of fused-ring (bicyclic) bond motifs is 1. The van der Waals surface area contributed by atoms with Gasteiger partial charge in [-0.3, -0.25) is 29.1 Å². The van der Waals surface area contributed by atoms with Crippen LogP contribution in [0.4, 0.5) is 5.69 Å². The third kappa shape index (κ3) is 4.05. The summed E-state index contributed by atoms with van der Waals surface area (Å²) in [5, 5.41) is 7.22. The first-order valence-corrected chi connectivity index (χ1v) is 10.3. The van der Waals surface area contributed by atoms with E-state index in [1.807, 2.05) is 46.9 Å². The Morgan fingerprint density at radius 3 is 2.65 bits per heavy atom. The lowest BCUT2D eigenvalue weighted by atomic mass is 10.0. The number of anilines is 1. The first-order chi connectivity index (χ1) is 14.7. The highest BCUT2D eigenvalue weighted by Gasteiger charge is 2.32. The smallest absolute Gasteiger partial charge is 0.260 e. The fourth-order valence-corrected chi connectivity index (χ4v) is 3.64. The molecule has 2 amide bonds. The molecule has 0 aromatic carbocycles. The second-order valence-corrected chi connectivity index (χ2v) is 8.76. The predicted octanol–water partition coefficient (Wildman–Crippen LogP) is 3.36. The summed E-state index contributed by atoms with van der Waals surface area (Å²) >= 11 is 0. The highest BCUT2D eigenvalue weighted by atomic mass is 16.2. The first kappa shape index (κ1) is 20.7. The minimum atomic E-state index is -0.342. The number of hydrogen-bond donors (Lipinski definition) is 1. The summed E-state index contributed by atoms with van der Waals surface area (Å²) in [4.78, 5) is 36.2. The molecule has 160 valence electrons. The molecule has 8 heteroatoms. The fraction of sp³-hybridized carbons (Fsp3) is 0.348. The molecule has 0 unspecified atom stereocenters. The summed E-state index contributed by atoms with van der Waals surface area (Å²) in [5.74, 6) is -0.257. The third-order valence-corrected chi connectivity index (χ3v) is 5.10. The third-order valence-electron chi connectivity index (χ3n) is 5.10. The molecule has 1 N–H and O–H groups in total. The normalized spacial score (nSPS) is 13.5. The number of pyridine rings is 2. The molecule has 8 nitrogen and oxygen atoms in total. The number of amides is 2. The van der Waals surface area contributed by atoms with E-state index in [1.165, 1.54) is 0 Å². The van der Waals surface area contributed by atoms with Crippen molar-refractivity contribution in [1.82, 2.24) is 25.1 Å². The number of nitrogens with one attached hydrogen (secondary N) is 1. The van der Waals surface area contributed by atoms with Crippen molar-refractivity contribution in [2.75, 3.05) is 4.90 Å². The summed E-state index contributed by atoms with van der Waals surface area (Å²) in [6.45, 7) is 10.8. The van der Waals surface area contributed by atoms with E-state index < -0.39 is 0 Å². The van der Waals surface area contributed by atoms with Crippen LogP contribution in [0.5, 0.6) is 0 Å². The summed E-state index contributed by atoms with van der Waals surface area (Å²) in [7, 11) is 0. The molecule has 3 aromatic rings. The van der Waals surface area contributed by atoms with E-state index in [4.69, 9.17) is 4.98 Å². The van der Waals surface area contributed by atoms with Gasteiger partial charge in [-0.2, -0.15) is 5.10 Å². The summed E-state index contributed by atoms with van der Waals surface area (Å²) < 4.78 is 1.79. The van der Waals surface area contributed by atoms with Crippen molar-refractivity contribution in [2.45, 2.75) is 53.2 Å². The van der Waals surface area contributed by atoms with E-state index in [1.54, 1.807) is 34.2 Å². The van der Waals surface area contributed by atoms with Gasteiger partial charge in [-0.1, -0.05) is 0 Å². The Morgan fingerprint density at radius 1 is 1.19 bits per heavy atom. The largest absolute Gasteiger partial charge is 0.347 e. The van der Waals surface area contributed by atoms with Gasteiger partial charge in [0, 0.05) is 36.2 Å². The van der Waals surface area contributed by atoms with Crippen LogP contribution in [0.25, 0.3) is 11.3 Å². The molecule has 4 heterocycles. The molecule has 0 saturated carbocycles. The second kappa shape index (κ2) is 7.61. The standard InChI is InChI=1S/C23H26N6O2/c1-6-28-12-17(11-25-28)29-13-19-20(22(29)31)14(2)7-18(26-19)15-8-16(10-24-9-15)21(30)27-23(3,4)5/h7-12H,6,13H2,1-5H3,(H,27,30). The maximum atomic E-state index is 13.0. The fourth-order valence-electron chi connectivity index (χ4n) is 3.64. The topological polar surface area (TPSA) is 93.0 Å². The average molecular weight is 419 g/mol. The van der Waals surface area contributed by atoms with E-state index in [0.717, 1.165) is 23.4 Å². The number of carbonyl (C=O) groups excluding carboxylic acids is 2. The molecule has 4 rings (SSSR count). The van der Waals surface area contributed by atoms with Gasteiger partial charge in [0.15, 0.2) is 0 Å². The second-order valence-electron chi connectivity index (χ2n) is 8.76. The molecular formula is C23H26N6O2. The van der Waals surface area contributed by atoms with Crippen molar-refractivity contribution in [3.05, 3.63) is 59.3 Å². The zero-order valence-corrected chi connectivity index (χ0v) is 18.4. The Kier molecular flexibility index (Phi) is 5.08.